The van der Waals surface area contributed by atoms with Gasteiger partial charge in [0.05, 0.1) is 16.4 Å². The third-order valence-electron chi connectivity index (χ3n) is 3.67. The maximum Gasteiger partial charge on any atom is 0.0847 e. The Labute approximate surface area is 130 Å². The highest BCUT2D eigenvalue weighted by Crippen LogP contribution is 2.22. The summed E-state index contributed by atoms with van der Waals surface area (Å²) in [5.74, 6) is 0. The average Bonchev–Trinajstić information content (AvgIpc) is 3.01. The number of halogens is 1. The summed E-state index contributed by atoms with van der Waals surface area (Å²) in [6, 6.07) is 4.77. The van der Waals surface area contributed by atoms with Crippen molar-refractivity contribution >= 4 is 22.9 Å². The molecule has 0 saturated carbocycles. The fourth-order valence-corrected chi connectivity index (χ4v) is 3.45. The monoisotopic (exact) mass is 311 g/mol. The third-order valence-corrected chi connectivity index (χ3v) is 5.09. The standard InChI is InChI=1S/C15H22ClN3S/c1-11-15(16)14(19(3)18-11)10-12(17-2)6-4-7-13-8-5-9-20-13/h5,8-9,12,17H,4,6-7,10H2,1-3H3. The first-order chi connectivity index (χ1) is 9.61. The molecule has 3 nitrogen and oxygen atoms in total. The summed E-state index contributed by atoms with van der Waals surface area (Å²) < 4.78 is 1.90. The number of aromatic nitrogens is 2. The van der Waals surface area contributed by atoms with E-state index >= 15 is 0 Å². The second-order valence-electron chi connectivity index (χ2n) is 5.13. The first-order valence-electron chi connectivity index (χ1n) is 6.99. The first-order valence-corrected chi connectivity index (χ1v) is 8.25. The highest BCUT2D eigenvalue weighted by Gasteiger charge is 2.15. The van der Waals surface area contributed by atoms with Gasteiger partial charge in [-0.05, 0) is 44.7 Å². The van der Waals surface area contributed by atoms with Crippen molar-refractivity contribution in [2.75, 3.05) is 7.05 Å². The molecule has 20 heavy (non-hydrogen) atoms. The van der Waals surface area contributed by atoms with E-state index in [1.54, 1.807) is 0 Å². The fourth-order valence-electron chi connectivity index (χ4n) is 2.46. The largest absolute Gasteiger partial charge is 0.317 e. The van der Waals surface area contributed by atoms with Crippen LogP contribution >= 0.6 is 22.9 Å². The summed E-state index contributed by atoms with van der Waals surface area (Å²) in [5.41, 5.74) is 2.04. The van der Waals surface area contributed by atoms with Crippen molar-refractivity contribution < 1.29 is 0 Å². The summed E-state index contributed by atoms with van der Waals surface area (Å²) >= 11 is 8.16. The van der Waals surface area contributed by atoms with Gasteiger partial charge in [0.15, 0.2) is 0 Å². The van der Waals surface area contributed by atoms with Crippen molar-refractivity contribution in [1.29, 1.82) is 0 Å². The highest BCUT2D eigenvalue weighted by atomic mass is 35.5. The van der Waals surface area contributed by atoms with Gasteiger partial charge < -0.3 is 5.32 Å². The normalized spacial score (nSPS) is 12.8. The van der Waals surface area contributed by atoms with Crippen molar-refractivity contribution in [2.45, 2.75) is 38.6 Å². The van der Waals surface area contributed by atoms with Crippen molar-refractivity contribution in [2.24, 2.45) is 7.05 Å². The smallest absolute Gasteiger partial charge is 0.0847 e. The summed E-state index contributed by atoms with van der Waals surface area (Å²) in [6.07, 6.45) is 4.43. The zero-order valence-electron chi connectivity index (χ0n) is 12.3. The predicted octanol–water partition coefficient (Wildman–Crippen LogP) is 3.60. The fraction of sp³-hybridized carbons (Fsp3) is 0.533. The molecule has 0 fully saturated rings. The van der Waals surface area contributed by atoms with Crippen LogP contribution in [0.2, 0.25) is 5.02 Å². The van der Waals surface area contributed by atoms with E-state index in [1.165, 1.54) is 11.3 Å². The average molecular weight is 312 g/mol. The summed E-state index contributed by atoms with van der Waals surface area (Å²) in [6.45, 7) is 1.96. The van der Waals surface area contributed by atoms with Crippen LogP contribution in [0.15, 0.2) is 17.5 Å². The zero-order chi connectivity index (χ0) is 14.5. The van der Waals surface area contributed by atoms with Gasteiger partial charge in [0, 0.05) is 24.4 Å². The van der Waals surface area contributed by atoms with E-state index in [0.717, 1.165) is 35.7 Å². The third kappa shape index (κ3) is 3.84. The lowest BCUT2D eigenvalue weighted by molar-refractivity contribution is 0.488. The minimum absolute atomic E-state index is 0.447. The summed E-state index contributed by atoms with van der Waals surface area (Å²) in [4.78, 5) is 1.47. The molecular weight excluding hydrogens is 290 g/mol. The van der Waals surface area contributed by atoms with E-state index in [9.17, 15) is 0 Å². The van der Waals surface area contributed by atoms with Gasteiger partial charge in [-0.3, -0.25) is 4.68 Å². The van der Waals surface area contributed by atoms with Gasteiger partial charge in [-0.1, -0.05) is 17.7 Å². The number of likely N-dealkylation sites (N-methyl/N-ethyl adjacent to an activating group) is 1. The lowest BCUT2D eigenvalue weighted by Gasteiger charge is -2.16. The van der Waals surface area contributed by atoms with Crippen LogP contribution < -0.4 is 5.32 Å². The first kappa shape index (κ1) is 15.5. The molecule has 2 rings (SSSR count). The Bertz CT molecular complexity index is 534. The van der Waals surface area contributed by atoms with Crippen LogP contribution in [0.3, 0.4) is 0 Å². The lowest BCUT2D eigenvalue weighted by Crippen LogP contribution is -2.28. The Morgan fingerprint density at radius 2 is 2.30 bits per heavy atom. The Kier molecular flexibility index (Phi) is 5.64. The zero-order valence-corrected chi connectivity index (χ0v) is 13.9. The van der Waals surface area contributed by atoms with Gasteiger partial charge in [-0.15, -0.1) is 11.3 Å². The van der Waals surface area contributed by atoms with Crippen LogP contribution in [0.1, 0.15) is 29.1 Å². The van der Waals surface area contributed by atoms with Crippen LogP contribution in [0.5, 0.6) is 0 Å². The molecule has 0 aliphatic heterocycles. The second-order valence-corrected chi connectivity index (χ2v) is 6.54. The van der Waals surface area contributed by atoms with E-state index in [0.29, 0.717) is 6.04 Å². The molecule has 1 atom stereocenters. The number of nitrogens with zero attached hydrogens (tertiary/aromatic N) is 2. The highest BCUT2D eigenvalue weighted by molar-refractivity contribution is 7.09. The Morgan fingerprint density at radius 3 is 2.85 bits per heavy atom. The van der Waals surface area contributed by atoms with Gasteiger partial charge in [0.25, 0.3) is 0 Å². The summed E-state index contributed by atoms with van der Waals surface area (Å²) in [7, 11) is 3.99. The molecule has 1 N–H and O–H groups in total. The molecule has 2 aromatic rings. The molecule has 110 valence electrons. The van der Waals surface area contributed by atoms with Gasteiger partial charge in [0.2, 0.25) is 0 Å². The molecule has 0 saturated heterocycles. The molecule has 2 heterocycles. The van der Waals surface area contributed by atoms with E-state index in [4.69, 9.17) is 11.6 Å². The maximum atomic E-state index is 6.32. The van der Waals surface area contributed by atoms with Crippen LogP contribution in [-0.2, 0) is 19.9 Å². The van der Waals surface area contributed by atoms with E-state index in [1.807, 2.05) is 37.0 Å². The molecule has 0 radical (unpaired) electrons. The van der Waals surface area contributed by atoms with Gasteiger partial charge in [-0.25, -0.2) is 0 Å². The minimum Gasteiger partial charge on any atom is -0.317 e. The Balaban J connectivity index is 1.88. The van der Waals surface area contributed by atoms with Crippen molar-refractivity contribution in [3.63, 3.8) is 0 Å². The number of rotatable bonds is 7. The number of hydrogen-bond acceptors (Lipinski definition) is 3. The van der Waals surface area contributed by atoms with Gasteiger partial charge in [0.1, 0.15) is 0 Å². The molecule has 0 amide bonds. The molecule has 0 aromatic carbocycles. The number of aryl methyl sites for hydroxylation is 3. The predicted molar refractivity (Wildman–Crippen MR) is 86.8 cm³/mol. The maximum absolute atomic E-state index is 6.32. The van der Waals surface area contributed by atoms with Gasteiger partial charge >= 0.3 is 0 Å². The SMILES string of the molecule is CNC(CCCc1cccs1)Cc1c(Cl)c(C)nn1C. The van der Waals surface area contributed by atoms with E-state index in [2.05, 4.69) is 27.9 Å². The molecular formula is C15H22ClN3S. The minimum atomic E-state index is 0.447. The molecule has 0 aliphatic carbocycles. The van der Waals surface area contributed by atoms with Crippen LogP contribution in [-0.4, -0.2) is 22.9 Å². The molecule has 0 aliphatic rings. The molecule has 0 spiro atoms. The van der Waals surface area contributed by atoms with Crippen LogP contribution in [0.4, 0.5) is 0 Å². The number of nitrogens with one attached hydrogen (secondary N) is 1. The van der Waals surface area contributed by atoms with E-state index < -0.39 is 0 Å². The van der Waals surface area contributed by atoms with Crippen molar-refractivity contribution in [3.8, 4) is 0 Å². The Hall–Kier alpha value is -0.840. The molecule has 2 aromatic heterocycles. The quantitative estimate of drug-likeness (QED) is 0.846. The lowest BCUT2D eigenvalue weighted by atomic mass is 10.0. The van der Waals surface area contributed by atoms with Crippen molar-refractivity contribution in [3.05, 3.63) is 38.8 Å². The molecule has 5 heteroatoms. The number of hydrogen-bond donors (Lipinski definition) is 1. The molecule has 0 bridgehead atoms. The topological polar surface area (TPSA) is 29.9 Å². The van der Waals surface area contributed by atoms with Crippen LogP contribution in [0.25, 0.3) is 0 Å². The van der Waals surface area contributed by atoms with Crippen LogP contribution in [0, 0.1) is 6.92 Å². The van der Waals surface area contributed by atoms with Crippen molar-refractivity contribution in [1.82, 2.24) is 15.1 Å². The Morgan fingerprint density at radius 1 is 1.50 bits per heavy atom. The summed E-state index contributed by atoms with van der Waals surface area (Å²) in [5, 5.41) is 10.7. The van der Waals surface area contributed by atoms with Gasteiger partial charge in [-0.2, -0.15) is 5.10 Å². The molecule has 1 unspecified atom stereocenters. The second kappa shape index (κ2) is 7.25. The van der Waals surface area contributed by atoms with E-state index in [-0.39, 0.29) is 0 Å². The number of thiophene rings is 1.